The van der Waals surface area contributed by atoms with Gasteiger partial charge >= 0.3 is 0 Å². The molecule has 0 spiro atoms. The van der Waals surface area contributed by atoms with E-state index in [0.717, 1.165) is 17.7 Å². The molecular formula is C23H29ClN2O2. The van der Waals surface area contributed by atoms with Gasteiger partial charge < -0.3 is 10.1 Å². The summed E-state index contributed by atoms with van der Waals surface area (Å²) in [6, 6.07) is 13.9. The van der Waals surface area contributed by atoms with Crippen LogP contribution in [0, 0.1) is 6.92 Å². The molecule has 3 rings (SSSR count). The maximum absolute atomic E-state index is 12.5. The lowest BCUT2D eigenvalue weighted by atomic mass is 10.1. The van der Waals surface area contributed by atoms with E-state index in [1.54, 1.807) is 12.1 Å². The summed E-state index contributed by atoms with van der Waals surface area (Å²) in [5.41, 5.74) is 3.35. The Labute approximate surface area is 172 Å². The van der Waals surface area contributed by atoms with Crippen molar-refractivity contribution in [3.63, 3.8) is 0 Å². The number of carbonyl (C=O) groups is 1. The molecule has 0 aliphatic carbocycles. The standard InChI is InChI=1S/C23H29ClN2O2/c1-3-22(28-20-10-11-21(24)17(2)14-20)23(27)25-15-18-6-8-19(9-7-18)16-26-12-4-5-13-26/h6-11,14,22H,3-5,12-13,15-16H2,1-2H3,(H,25,27)/t22-/m1/s1. The average molecular weight is 401 g/mol. The molecule has 1 aliphatic rings. The van der Waals surface area contributed by atoms with E-state index in [1.165, 1.54) is 31.5 Å². The number of nitrogens with one attached hydrogen (secondary N) is 1. The molecule has 0 saturated carbocycles. The molecule has 1 atom stereocenters. The summed E-state index contributed by atoms with van der Waals surface area (Å²) in [5, 5.41) is 3.68. The van der Waals surface area contributed by atoms with Gasteiger partial charge in [0.1, 0.15) is 5.75 Å². The van der Waals surface area contributed by atoms with E-state index >= 15 is 0 Å². The summed E-state index contributed by atoms with van der Waals surface area (Å²) in [6.07, 6.45) is 2.69. The molecule has 1 saturated heterocycles. The first-order valence-corrected chi connectivity index (χ1v) is 10.4. The molecule has 1 amide bonds. The number of ether oxygens (including phenoxy) is 1. The van der Waals surface area contributed by atoms with Crippen molar-refractivity contribution in [1.82, 2.24) is 10.2 Å². The van der Waals surface area contributed by atoms with Crippen molar-refractivity contribution in [3.8, 4) is 5.75 Å². The molecular weight excluding hydrogens is 372 g/mol. The van der Waals surface area contributed by atoms with Gasteiger partial charge in [0.2, 0.25) is 0 Å². The van der Waals surface area contributed by atoms with E-state index < -0.39 is 6.10 Å². The molecule has 2 aromatic rings. The van der Waals surface area contributed by atoms with Gasteiger partial charge in [-0.05, 0) is 74.2 Å². The second-order valence-corrected chi connectivity index (χ2v) is 7.85. The van der Waals surface area contributed by atoms with Crippen LogP contribution in [0.2, 0.25) is 5.02 Å². The minimum atomic E-state index is -0.519. The monoisotopic (exact) mass is 400 g/mol. The highest BCUT2D eigenvalue weighted by atomic mass is 35.5. The van der Waals surface area contributed by atoms with Crippen LogP contribution >= 0.6 is 11.6 Å². The maximum Gasteiger partial charge on any atom is 0.261 e. The summed E-state index contributed by atoms with van der Waals surface area (Å²) in [4.78, 5) is 15.0. The summed E-state index contributed by atoms with van der Waals surface area (Å²) in [5.74, 6) is 0.561. The molecule has 2 aromatic carbocycles. The van der Waals surface area contributed by atoms with Crippen LogP contribution in [0.15, 0.2) is 42.5 Å². The number of rotatable bonds is 8. The lowest BCUT2D eigenvalue weighted by Gasteiger charge is -2.18. The van der Waals surface area contributed by atoms with Gasteiger partial charge in [0.15, 0.2) is 6.10 Å². The van der Waals surface area contributed by atoms with Gasteiger partial charge in [-0.2, -0.15) is 0 Å². The van der Waals surface area contributed by atoms with E-state index in [2.05, 4.69) is 34.5 Å². The molecule has 0 aromatic heterocycles. The summed E-state index contributed by atoms with van der Waals surface area (Å²) < 4.78 is 5.87. The lowest BCUT2D eigenvalue weighted by Crippen LogP contribution is -2.37. The first kappa shape index (κ1) is 20.7. The predicted octanol–water partition coefficient (Wildman–Crippen LogP) is 4.72. The number of halogens is 1. The zero-order valence-electron chi connectivity index (χ0n) is 16.7. The van der Waals surface area contributed by atoms with Gasteiger partial charge in [-0.25, -0.2) is 0 Å². The topological polar surface area (TPSA) is 41.6 Å². The van der Waals surface area contributed by atoms with E-state index in [0.29, 0.717) is 23.7 Å². The fourth-order valence-electron chi connectivity index (χ4n) is 3.44. The van der Waals surface area contributed by atoms with Crippen molar-refractivity contribution in [2.75, 3.05) is 13.1 Å². The Morgan fingerprint density at radius 3 is 2.46 bits per heavy atom. The Kier molecular flexibility index (Phi) is 7.35. The largest absolute Gasteiger partial charge is 0.481 e. The fourth-order valence-corrected chi connectivity index (χ4v) is 3.56. The van der Waals surface area contributed by atoms with Gasteiger partial charge in [-0.3, -0.25) is 9.69 Å². The number of nitrogens with zero attached hydrogens (tertiary/aromatic N) is 1. The Balaban J connectivity index is 1.50. The van der Waals surface area contributed by atoms with Crippen molar-refractivity contribution in [1.29, 1.82) is 0 Å². The third-order valence-electron chi connectivity index (χ3n) is 5.17. The molecule has 0 radical (unpaired) electrons. The van der Waals surface area contributed by atoms with Crippen LogP contribution in [-0.2, 0) is 17.9 Å². The Hall–Kier alpha value is -2.04. The number of hydrogen-bond donors (Lipinski definition) is 1. The second-order valence-electron chi connectivity index (χ2n) is 7.44. The van der Waals surface area contributed by atoms with E-state index in [1.807, 2.05) is 19.9 Å². The van der Waals surface area contributed by atoms with Crippen LogP contribution in [0.1, 0.15) is 42.9 Å². The molecule has 0 unspecified atom stereocenters. The van der Waals surface area contributed by atoms with Gasteiger partial charge in [0.05, 0.1) is 0 Å². The van der Waals surface area contributed by atoms with Crippen LogP contribution in [0.25, 0.3) is 0 Å². The van der Waals surface area contributed by atoms with E-state index in [-0.39, 0.29) is 5.91 Å². The summed E-state index contributed by atoms with van der Waals surface area (Å²) in [6.45, 7) is 7.78. The quantitative estimate of drug-likeness (QED) is 0.697. The zero-order chi connectivity index (χ0) is 19.9. The maximum atomic E-state index is 12.5. The number of likely N-dealkylation sites (tertiary alicyclic amines) is 1. The minimum absolute atomic E-state index is 0.101. The van der Waals surface area contributed by atoms with Crippen molar-refractivity contribution in [2.24, 2.45) is 0 Å². The molecule has 0 bridgehead atoms. The highest BCUT2D eigenvalue weighted by Crippen LogP contribution is 2.22. The van der Waals surface area contributed by atoms with Crippen LogP contribution in [-0.4, -0.2) is 30.0 Å². The molecule has 1 aliphatic heterocycles. The van der Waals surface area contributed by atoms with Crippen LogP contribution < -0.4 is 10.1 Å². The van der Waals surface area contributed by atoms with E-state index in [4.69, 9.17) is 16.3 Å². The number of aryl methyl sites for hydroxylation is 1. The summed E-state index contributed by atoms with van der Waals surface area (Å²) in [7, 11) is 0. The van der Waals surface area contributed by atoms with Crippen molar-refractivity contribution >= 4 is 17.5 Å². The Bertz CT molecular complexity index is 786. The smallest absolute Gasteiger partial charge is 0.261 e. The normalized spacial score (nSPS) is 15.4. The highest BCUT2D eigenvalue weighted by molar-refractivity contribution is 6.31. The number of hydrogen-bond acceptors (Lipinski definition) is 3. The Morgan fingerprint density at radius 2 is 1.82 bits per heavy atom. The summed E-state index contributed by atoms with van der Waals surface area (Å²) >= 11 is 6.05. The molecule has 1 heterocycles. The number of benzene rings is 2. The molecule has 28 heavy (non-hydrogen) atoms. The highest BCUT2D eigenvalue weighted by Gasteiger charge is 2.18. The zero-order valence-corrected chi connectivity index (χ0v) is 17.5. The average Bonchev–Trinajstić information content (AvgIpc) is 3.21. The van der Waals surface area contributed by atoms with Crippen LogP contribution in [0.3, 0.4) is 0 Å². The molecule has 4 nitrogen and oxygen atoms in total. The molecule has 1 fully saturated rings. The first-order chi connectivity index (χ1) is 13.5. The number of carbonyl (C=O) groups excluding carboxylic acids is 1. The van der Waals surface area contributed by atoms with Crippen molar-refractivity contribution in [3.05, 3.63) is 64.2 Å². The van der Waals surface area contributed by atoms with Crippen LogP contribution in [0.5, 0.6) is 5.75 Å². The lowest BCUT2D eigenvalue weighted by molar-refractivity contribution is -0.128. The predicted molar refractivity (Wildman–Crippen MR) is 114 cm³/mol. The van der Waals surface area contributed by atoms with Gasteiger partial charge in [0, 0.05) is 18.1 Å². The molecule has 5 heteroatoms. The SMILES string of the molecule is CC[C@@H](Oc1ccc(Cl)c(C)c1)C(=O)NCc1ccc(CN2CCCC2)cc1. The fraction of sp³-hybridized carbons (Fsp3) is 0.435. The van der Waals surface area contributed by atoms with Gasteiger partial charge in [-0.15, -0.1) is 0 Å². The Morgan fingerprint density at radius 1 is 1.14 bits per heavy atom. The molecule has 1 N–H and O–H groups in total. The van der Waals surface area contributed by atoms with Gasteiger partial charge in [-0.1, -0.05) is 42.8 Å². The number of amides is 1. The first-order valence-electron chi connectivity index (χ1n) is 10.1. The van der Waals surface area contributed by atoms with Crippen molar-refractivity contribution in [2.45, 2.75) is 52.3 Å². The molecule has 150 valence electrons. The van der Waals surface area contributed by atoms with Crippen LogP contribution in [0.4, 0.5) is 0 Å². The minimum Gasteiger partial charge on any atom is -0.481 e. The third kappa shape index (κ3) is 5.73. The third-order valence-corrected chi connectivity index (χ3v) is 5.59. The second kappa shape index (κ2) is 9.94. The van der Waals surface area contributed by atoms with E-state index in [9.17, 15) is 4.79 Å². The van der Waals surface area contributed by atoms with Crippen molar-refractivity contribution < 1.29 is 9.53 Å². The van der Waals surface area contributed by atoms with Gasteiger partial charge in [0.25, 0.3) is 5.91 Å².